The first-order valence-corrected chi connectivity index (χ1v) is 15.3. The number of carbonyl (C=O) groups is 1. The SMILES string of the molecule is CCCC1=C(C(=O)OCC)[C@H](c2cc(Cl)ccc2OC)n2c(s/c(=C/c3ccc(OCc4ccccc4C#N)cc3)c2=O)=N1. The van der Waals surface area contributed by atoms with Crippen LogP contribution in [0.5, 0.6) is 11.5 Å². The number of carbonyl (C=O) groups excluding carboxylic acids is 1. The third kappa shape index (κ3) is 6.32. The number of halogens is 1. The molecule has 0 spiro atoms. The fourth-order valence-corrected chi connectivity index (χ4v) is 6.26. The van der Waals surface area contributed by atoms with Crippen LogP contribution in [0.25, 0.3) is 6.08 Å². The molecule has 0 amide bonds. The Bertz CT molecular complexity index is 1950. The fourth-order valence-electron chi connectivity index (χ4n) is 5.06. The summed E-state index contributed by atoms with van der Waals surface area (Å²) in [6.07, 6.45) is 3.06. The zero-order valence-electron chi connectivity index (χ0n) is 24.5. The third-order valence-electron chi connectivity index (χ3n) is 7.09. The van der Waals surface area contributed by atoms with Crippen LogP contribution in [-0.2, 0) is 16.1 Å². The number of nitrogens with zero attached hydrogens (tertiary/aromatic N) is 3. The molecule has 0 unspecified atom stereocenters. The number of thiazole rings is 1. The maximum absolute atomic E-state index is 14.0. The van der Waals surface area contributed by atoms with Crippen LogP contribution in [0, 0.1) is 11.3 Å². The number of hydrogen-bond donors (Lipinski definition) is 0. The minimum Gasteiger partial charge on any atom is -0.496 e. The molecule has 5 rings (SSSR count). The van der Waals surface area contributed by atoms with Crippen molar-refractivity contribution in [2.24, 2.45) is 4.99 Å². The summed E-state index contributed by atoms with van der Waals surface area (Å²) < 4.78 is 19.0. The maximum atomic E-state index is 14.0. The Kier molecular flexibility index (Phi) is 9.63. The van der Waals surface area contributed by atoms with Crippen LogP contribution in [-0.4, -0.2) is 24.3 Å². The Hall–Kier alpha value is -4.65. The second-order valence-corrected chi connectivity index (χ2v) is 11.4. The molecule has 1 atom stereocenters. The summed E-state index contributed by atoms with van der Waals surface area (Å²) >= 11 is 7.67. The number of benzene rings is 3. The average Bonchev–Trinajstić information content (AvgIpc) is 3.34. The van der Waals surface area contributed by atoms with Gasteiger partial charge in [-0.3, -0.25) is 9.36 Å². The van der Waals surface area contributed by atoms with Gasteiger partial charge in [0.2, 0.25) is 0 Å². The predicted octanol–water partition coefficient (Wildman–Crippen LogP) is 5.69. The molecule has 0 fully saturated rings. The molecule has 8 nitrogen and oxygen atoms in total. The molecule has 0 aliphatic carbocycles. The molecule has 0 radical (unpaired) electrons. The average molecular weight is 628 g/mol. The smallest absolute Gasteiger partial charge is 0.338 e. The lowest BCUT2D eigenvalue weighted by Crippen LogP contribution is -2.40. The van der Waals surface area contributed by atoms with Crippen molar-refractivity contribution in [1.29, 1.82) is 5.26 Å². The number of esters is 1. The van der Waals surface area contributed by atoms with Crippen molar-refractivity contribution in [2.75, 3.05) is 13.7 Å². The van der Waals surface area contributed by atoms with Crippen molar-refractivity contribution in [3.8, 4) is 17.6 Å². The number of aromatic nitrogens is 1. The number of nitriles is 1. The van der Waals surface area contributed by atoms with Crippen LogP contribution < -0.4 is 24.4 Å². The molecule has 4 aromatic rings. The van der Waals surface area contributed by atoms with Gasteiger partial charge in [0.15, 0.2) is 4.80 Å². The number of methoxy groups -OCH3 is 1. The Morgan fingerprint density at radius 1 is 1.14 bits per heavy atom. The minimum atomic E-state index is -0.838. The molecule has 0 saturated carbocycles. The van der Waals surface area contributed by atoms with E-state index < -0.39 is 12.0 Å². The van der Waals surface area contributed by atoms with E-state index in [0.717, 1.165) is 17.5 Å². The third-order valence-corrected chi connectivity index (χ3v) is 8.31. The van der Waals surface area contributed by atoms with Crippen LogP contribution in [0.4, 0.5) is 0 Å². The van der Waals surface area contributed by atoms with Crippen LogP contribution >= 0.6 is 22.9 Å². The molecule has 1 aromatic heterocycles. The van der Waals surface area contributed by atoms with E-state index in [0.29, 0.717) is 54.7 Å². The van der Waals surface area contributed by atoms with E-state index in [1.54, 1.807) is 37.3 Å². The molecule has 1 aliphatic heterocycles. The molecule has 224 valence electrons. The van der Waals surface area contributed by atoms with E-state index in [4.69, 9.17) is 30.8 Å². The maximum Gasteiger partial charge on any atom is 0.338 e. The number of ether oxygens (including phenoxy) is 3. The number of fused-ring (bicyclic) bond motifs is 1. The largest absolute Gasteiger partial charge is 0.496 e. The first-order valence-electron chi connectivity index (χ1n) is 14.1. The monoisotopic (exact) mass is 627 g/mol. The van der Waals surface area contributed by atoms with Gasteiger partial charge in [0.25, 0.3) is 5.56 Å². The van der Waals surface area contributed by atoms with Gasteiger partial charge in [-0.15, -0.1) is 0 Å². The summed E-state index contributed by atoms with van der Waals surface area (Å²) in [4.78, 5) is 32.7. The first kappa shape index (κ1) is 30.8. The molecular weight excluding hydrogens is 598 g/mol. The molecule has 1 aliphatic rings. The Morgan fingerprint density at radius 2 is 1.91 bits per heavy atom. The van der Waals surface area contributed by atoms with Gasteiger partial charge >= 0.3 is 5.97 Å². The van der Waals surface area contributed by atoms with E-state index >= 15 is 0 Å². The summed E-state index contributed by atoms with van der Waals surface area (Å²) in [5, 5.41) is 9.76. The normalized spacial score (nSPS) is 14.4. The number of rotatable bonds is 10. The van der Waals surface area contributed by atoms with E-state index in [-0.39, 0.29) is 18.8 Å². The highest BCUT2D eigenvalue weighted by Crippen LogP contribution is 2.38. The topological polar surface area (TPSA) is 103 Å². The predicted molar refractivity (Wildman–Crippen MR) is 170 cm³/mol. The number of hydrogen-bond acceptors (Lipinski definition) is 8. The van der Waals surface area contributed by atoms with Gasteiger partial charge in [-0.2, -0.15) is 5.26 Å². The summed E-state index contributed by atoms with van der Waals surface area (Å²) in [6.45, 7) is 4.18. The van der Waals surface area contributed by atoms with Crippen LogP contribution in [0.15, 0.2) is 87.8 Å². The Balaban J connectivity index is 1.57. The minimum absolute atomic E-state index is 0.177. The van der Waals surface area contributed by atoms with Crippen molar-refractivity contribution < 1.29 is 19.0 Å². The van der Waals surface area contributed by atoms with Crippen molar-refractivity contribution in [3.05, 3.63) is 125 Å². The summed E-state index contributed by atoms with van der Waals surface area (Å²) in [7, 11) is 1.53. The molecule has 2 heterocycles. The van der Waals surface area contributed by atoms with Crippen molar-refractivity contribution >= 4 is 35.0 Å². The number of allylic oxidation sites excluding steroid dienone is 1. The lowest BCUT2D eigenvalue weighted by atomic mass is 9.93. The Labute approximate surface area is 263 Å². The molecular formula is C34H30ClN3O5S. The van der Waals surface area contributed by atoms with Gasteiger partial charge in [0.1, 0.15) is 24.1 Å². The van der Waals surface area contributed by atoms with Gasteiger partial charge < -0.3 is 14.2 Å². The van der Waals surface area contributed by atoms with Crippen molar-refractivity contribution in [1.82, 2.24) is 4.57 Å². The first-order chi connectivity index (χ1) is 21.4. The molecule has 44 heavy (non-hydrogen) atoms. The van der Waals surface area contributed by atoms with Crippen LogP contribution in [0.1, 0.15) is 55.0 Å². The quantitative estimate of drug-likeness (QED) is 0.209. The van der Waals surface area contributed by atoms with Gasteiger partial charge in [-0.25, -0.2) is 9.79 Å². The highest BCUT2D eigenvalue weighted by atomic mass is 35.5. The molecule has 0 saturated heterocycles. The van der Waals surface area contributed by atoms with Gasteiger partial charge in [-0.05, 0) is 61.4 Å². The molecule has 3 aromatic carbocycles. The summed E-state index contributed by atoms with van der Waals surface area (Å²) in [5.74, 6) is 0.586. The molecule has 0 N–H and O–H groups in total. The standard InChI is InChI=1S/C34H30ClN3O5S/c1-4-8-27-30(33(40)42-5-2)31(26-18-24(35)13-16-28(26)41-3)38-32(39)29(44-34(38)37-27)17-21-11-14-25(15-12-21)43-20-23-10-7-6-9-22(23)19-36/h6-7,9-18,31H,4-5,8,20H2,1-3H3/b29-17+/t31-/m0/s1. The molecule has 0 bridgehead atoms. The highest BCUT2D eigenvalue weighted by molar-refractivity contribution is 7.07. The van der Waals surface area contributed by atoms with Crippen molar-refractivity contribution in [2.45, 2.75) is 39.3 Å². The fraction of sp³-hybridized carbons (Fsp3) is 0.235. The van der Waals surface area contributed by atoms with Crippen molar-refractivity contribution in [3.63, 3.8) is 0 Å². The van der Waals surface area contributed by atoms with Gasteiger partial charge in [0, 0.05) is 16.1 Å². The summed E-state index contributed by atoms with van der Waals surface area (Å²) in [5.41, 5.74) is 3.30. The second kappa shape index (κ2) is 13.8. The second-order valence-electron chi connectivity index (χ2n) is 9.93. The van der Waals surface area contributed by atoms with E-state index in [1.165, 1.54) is 23.0 Å². The highest BCUT2D eigenvalue weighted by Gasteiger charge is 2.36. The van der Waals surface area contributed by atoms with Gasteiger partial charge in [-0.1, -0.05) is 66.6 Å². The summed E-state index contributed by atoms with van der Waals surface area (Å²) in [6, 6.07) is 21.1. The van der Waals surface area contributed by atoms with Crippen LogP contribution in [0.3, 0.4) is 0 Å². The lowest BCUT2D eigenvalue weighted by molar-refractivity contribution is -0.139. The Morgan fingerprint density at radius 3 is 2.61 bits per heavy atom. The van der Waals surface area contributed by atoms with E-state index in [1.807, 2.05) is 49.4 Å². The molecule has 10 heteroatoms. The van der Waals surface area contributed by atoms with Gasteiger partial charge in [0.05, 0.1) is 41.2 Å². The zero-order valence-corrected chi connectivity index (χ0v) is 26.1. The lowest BCUT2D eigenvalue weighted by Gasteiger charge is -2.27. The van der Waals surface area contributed by atoms with E-state index in [9.17, 15) is 14.9 Å². The van der Waals surface area contributed by atoms with E-state index in [2.05, 4.69) is 6.07 Å². The van der Waals surface area contributed by atoms with Crippen LogP contribution in [0.2, 0.25) is 5.02 Å². The zero-order chi connectivity index (χ0) is 31.2.